The number of para-hydroxylation sites is 1. The summed E-state index contributed by atoms with van der Waals surface area (Å²) in [5, 5.41) is 1.35. The van der Waals surface area contributed by atoms with Gasteiger partial charge in [-0.05, 0) is 24.1 Å². The summed E-state index contributed by atoms with van der Waals surface area (Å²) in [6.45, 7) is 6.10. The molecule has 1 aromatic carbocycles. The molecule has 0 atom stereocenters. The highest BCUT2D eigenvalue weighted by Gasteiger charge is 2.23. The maximum Gasteiger partial charge on any atom is 0.0708 e. The van der Waals surface area contributed by atoms with Gasteiger partial charge in [-0.25, -0.2) is 0 Å². The van der Waals surface area contributed by atoms with Gasteiger partial charge < -0.3 is 0 Å². The number of rotatable bonds is 0. The molecule has 0 fully saturated rings. The highest BCUT2D eigenvalue weighted by atomic mass is 14.7. The van der Waals surface area contributed by atoms with Crippen LogP contribution in [-0.2, 0) is 6.42 Å². The molecule has 0 N–H and O–H groups in total. The topological polar surface area (TPSA) is 12.9 Å². The van der Waals surface area contributed by atoms with E-state index in [1.54, 1.807) is 0 Å². The third-order valence-electron chi connectivity index (χ3n) is 2.55. The van der Waals surface area contributed by atoms with Crippen LogP contribution in [0.1, 0.15) is 30.7 Å². The Balaban J connectivity index is 0.000000354. The molecule has 2 aromatic rings. The van der Waals surface area contributed by atoms with E-state index in [1.807, 2.05) is 19.9 Å². The molecule has 14 heavy (non-hydrogen) atoms. The van der Waals surface area contributed by atoms with Crippen LogP contribution in [0.5, 0.6) is 0 Å². The molecule has 0 saturated heterocycles. The molecular formula is C13H15N. The Morgan fingerprint density at radius 3 is 2.57 bits per heavy atom. The molecule has 1 aliphatic carbocycles. The summed E-state index contributed by atoms with van der Waals surface area (Å²) in [6.07, 6.45) is 1.16. The first-order valence-corrected chi connectivity index (χ1v) is 5.23. The number of aromatic nitrogens is 1. The van der Waals surface area contributed by atoms with Crippen molar-refractivity contribution in [1.82, 2.24) is 4.98 Å². The Labute approximate surface area is 84.8 Å². The van der Waals surface area contributed by atoms with Crippen molar-refractivity contribution < 1.29 is 0 Å². The zero-order valence-corrected chi connectivity index (χ0v) is 8.96. The summed E-state index contributed by atoms with van der Waals surface area (Å²) in [5.41, 5.74) is 5.33. The lowest BCUT2D eigenvalue weighted by atomic mass is 10.2. The van der Waals surface area contributed by atoms with Crippen LogP contribution in [0.3, 0.4) is 0 Å². The second-order valence-electron chi connectivity index (χ2n) is 3.35. The van der Waals surface area contributed by atoms with Gasteiger partial charge >= 0.3 is 0 Å². The number of aryl methyl sites for hydroxylation is 1. The van der Waals surface area contributed by atoms with Gasteiger partial charge in [-0.15, -0.1) is 0 Å². The average Bonchev–Trinajstić information content (AvgIpc) is 3.02. The van der Waals surface area contributed by atoms with Gasteiger partial charge in [-0.3, -0.25) is 4.98 Å². The van der Waals surface area contributed by atoms with Crippen molar-refractivity contribution in [3.05, 3.63) is 41.1 Å². The van der Waals surface area contributed by atoms with E-state index in [0.717, 1.165) is 11.9 Å². The Hall–Kier alpha value is -1.37. The van der Waals surface area contributed by atoms with Crippen molar-refractivity contribution in [3.63, 3.8) is 0 Å². The van der Waals surface area contributed by atoms with E-state index >= 15 is 0 Å². The minimum Gasteiger partial charge on any atom is -0.253 e. The Bertz CT molecular complexity index is 472. The van der Waals surface area contributed by atoms with Gasteiger partial charge in [0.1, 0.15) is 0 Å². The third kappa shape index (κ3) is 1.29. The molecule has 0 saturated carbocycles. The van der Waals surface area contributed by atoms with Gasteiger partial charge in [0.05, 0.1) is 5.52 Å². The first-order valence-electron chi connectivity index (χ1n) is 5.23. The number of benzene rings is 1. The van der Waals surface area contributed by atoms with Crippen molar-refractivity contribution in [2.75, 3.05) is 0 Å². The Morgan fingerprint density at radius 1 is 1.07 bits per heavy atom. The first kappa shape index (κ1) is 9.20. The van der Waals surface area contributed by atoms with E-state index in [2.05, 4.69) is 30.1 Å². The zero-order valence-electron chi connectivity index (χ0n) is 8.96. The van der Waals surface area contributed by atoms with Crippen LogP contribution in [0.15, 0.2) is 24.3 Å². The fraction of sp³-hybridized carbons (Fsp3) is 0.308. The second kappa shape index (κ2) is 3.41. The van der Waals surface area contributed by atoms with Gasteiger partial charge in [-0.1, -0.05) is 32.0 Å². The lowest BCUT2D eigenvalue weighted by molar-refractivity contribution is 1.25. The maximum absolute atomic E-state index is 4.53. The molecule has 3 rings (SSSR count). The Kier molecular flexibility index (Phi) is 2.24. The summed E-state index contributed by atoms with van der Waals surface area (Å²) >= 11 is 0. The van der Waals surface area contributed by atoms with Gasteiger partial charge in [0.15, 0.2) is 0 Å². The van der Waals surface area contributed by atoms with Crippen molar-refractivity contribution in [2.24, 2.45) is 0 Å². The standard InChI is InChI=1S/C11H9N.C2H6/c1-7-9-6-10(9)8-4-2-3-5-11(8)12-7;1-2/h2-5H,6H2,1H3;1-2H3. The summed E-state index contributed by atoms with van der Waals surface area (Å²) < 4.78 is 0. The van der Waals surface area contributed by atoms with E-state index in [-0.39, 0.29) is 0 Å². The highest BCUT2D eigenvalue weighted by Crippen LogP contribution is 2.36. The lowest BCUT2D eigenvalue weighted by Gasteiger charge is -1.95. The predicted octanol–water partition coefficient (Wildman–Crippen LogP) is 3.47. The fourth-order valence-corrected chi connectivity index (χ4v) is 1.81. The van der Waals surface area contributed by atoms with Crippen LogP contribution >= 0.6 is 0 Å². The van der Waals surface area contributed by atoms with Crippen LogP contribution in [0.25, 0.3) is 10.9 Å². The van der Waals surface area contributed by atoms with E-state index in [9.17, 15) is 0 Å². The molecule has 0 spiro atoms. The zero-order chi connectivity index (χ0) is 10.1. The summed E-state index contributed by atoms with van der Waals surface area (Å²) in [4.78, 5) is 4.53. The van der Waals surface area contributed by atoms with Crippen LogP contribution in [-0.4, -0.2) is 4.98 Å². The second-order valence-corrected chi connectivity index (χ2v) is 3.35. The van der Waals surface area contributed by atoms with E-state index in [1.165, 1.54) is 22.2 Å². The normalized spacial score (nSPS) is 11.6. The van der Waals surface area contributed by atoms with Crippen LogP contribution in [0.4, 0.5) is 0 Å². The largest absolute Gasteiger partial charge is 0.253 e. The van der Waals surface area contributed by atoms with Crippen LogP contribution < -0.4 is 0 Å². The SMILES string of the molecule is CC.Cc1nc2ccccc2c2c1C2. The van der Waals surface area contributed by atoms with Crippen LogP contribution in [0, 0.1) is 6.92 Å². The summed E-state index contributed by atoms with van der Waals surface area (Å²) in [7, 11) is 0. The van der Waals surface area contributed by atoms with Crippen molar-refractivity contribution in [2.45, 2.75) is 27.2 Å². The highest BCUT2D eigenvalue weighted by molar-refractivity contribution is 5.87. The van der Waals surface area contributed by atoms with Gasteiger partial charge in [0.25, 0.3) is 0 Å². The number of hydrogen-bond acceptors (Lipinski definition) is 1. The summed E-state index contributed by atoms with van der Waals surface area (Å²) in [6, 6.07) is 8.37. The number of fused-ring (bicyclic) bond motifs is 3. The molecule has 1 heteroatoms. The molecule has 72 valence electrons. The van der Waals surface area contributed by atoms with Crippen molar-refractivity contribution in [3.8, 4) is 0 Å². The first-order chi connectivity index (χ1) is 6.86. The van der Waals surface area contributed by atoms with Crippen LogP contribution in [0.2, 0.25) is 0 Å². The van der Waals surface area contributed by atoms with E-state index in [4.69, 9.17) is 0 Å². The molecule has 0 radical (unpaired) electrons. The molecular weight excluding hydrogens is 170 g/mol. The summed E-state index contributed by atoms with van der Waals surface area (Å²) in [5.74, 6) is 0. The van der Waals surface area contributed by atoms with E-state index in [0.29, 0.717) is 0 Å². The molecule has 1 aliphatic rings. The molecule has 1 heterocycles. The molecule has 0 bridgehead atoms. The number of hydrogen-bond donors (Lipinski definition) is 0. The molecule has 0 amide bonds. The minimum atomic E-state index is 1.14. The van der Waals surface area contributed by atoms with Gasteiger partial charge in [0, 0.05) is 17.5 Å². The van der Waals surface area contributed by atoms with E-state index < -0.39 is 0 Å². The number of pyridine rings is 1. The average molecular weight is 185 g/mol. The lowest BCUT2D eigenvalue weighted by Crippen LogP contribution is -1.81. The number of nitrogens with zero attached hydrogens (tertiary/aromatic N) is 1. The minimum absolute atomic E-state index is 1.14. The molecule has 1 nitrogen and oxygen atoms in total. The molecule has 0 aliphatic heterocycles. The van der Waals surface area contributed by atoms with Crippen molar-refractivity contribution >= 4 is 10.9 Å². The quantitative estimate of drug-likeness (QED) is 0.522. The van der Waals surface area contributed by atoms with Gasteiger partial charge in [-0.2, -0.15) is 0 Å². The fourth-order valence-electron chi connectivity index (χ4n) is 1.81. The maximum atomic E-state index is 4.53. The monoisotopic (exact) mass is 185 g/mol. The predicted molar refractivity (Wildman–Crippen MR) is 60.6 cm³/mol. The molecule has 1 aromatic heterocycles. The molecule has 0 unspecified atom stereocenters. The Morgan fingerprint density at radius 2 is 1.79 bits per heavy atom. The smallest absolute Gasteiger partial charge is 0.0708 e. The van der Waals surface area contributed by atoms with Gasteiger partial charge in [0.2, 0.25) is 0 Å². The van der Waals surface area contributed by atoms with Crippen molar-refractivity contribution in [1.29, 1.82) is 0 Å². The third-order valence-corrected chi connectivity index (χ3v) is 2.55.